The molecule has 0 aliphatic carbocycles. The van der Waals surface area contributed by atoms with Crippen LogP contribution in [-0.4, -0.2) is 43.2 Å². The van der Waals surface area contributed by atoms with Crippen LogP contribution in [0.3, 0.4) is 0 Å². The molecule has 1 fully saturated rings. The maximum absolute atomic E-state index is 5.02. The fraction of sp³-hybridized carbons (Fsp3) is 0.786. The second-order valence-electron chi connectivity index (χ2n) is 5.08. The minimum Gasteiger partial charge on any atom is -0.383 e. The fourth-order valence-electron chi connectivity index (χ4n) is 2.37. The lowest BCUT2D eigenvalue weighted by molar-refractivity contribution is 0.199. The molecule has 2 heterocycles. The summed E-state index contributed by atoms with van der Waals surface area (Å²) in [6, 6.07) is 0. The molecule has 0 aromatic carbocycles. The lowest BCUT2D eigenvalue weighted by Gasteiger charge is -2.17. The Morgan fingerprint density at radius 3 is 2.84 bits per heavy atom. The van der Waals surface area contributed by atoms with Crippen molar-refractivity contribution in [2.24, 2.45) is 0 Å². The Labute approximate surface area is 120 Å². The average Bonchev–Trinajstić information content (AvgIpc) is 2.69. The van der Waals surface area contributed by atoms with E-state index in [1.807, 2.05) is 17.5 Å². The number of ether oxygens (including phenoxy) is 1. The molecule has 0 saturated carbocycles. The predicted octanol–water partition coefficient (Wildman–Crippen LogP) is 2.26. The molecule has 1 aliphatic heterocycles. The molecule has 1 saturated heterocycles. The van der Waals surface area contributed by atoms with E-state index in [0.29, 0.717) is 0 Å². The summed E-state index contributed by atoms with van der Waals surface area (Å²) < 4.78 is 5.02. The Morgan fingerprint density at radius 2 is 2.11 bits per heavy atom. The number of nitrogens with one attached hydrogen (secondary N) is 1. The lowest BCUT2D eigenvalue weighted by atomic mass is 10.2. The van der Waals surface area contributed by atoms with Crippen LogP contribution in [0.1, 0.15) is 35.6 Å². The number of hydrogen-bond donors (Lipinski definition) is 1. The van der Waals surface area contributed by atoms with Gasteiger partial charge in [-0.1, -0.05) is 12.8 Å². The monoisotopic (exact) mass is 283 g/mol. The highest BCUT2D eigenvalue weighted by Gasteiger charge is 2.11. The van der Waals surface area contributed by atoms with Crippen molar-refractivity contribution in [1.82, 2.24) is 15.2 Å². The molecule has 108 valence electrons. The van der Waals surface area contributed by atoms with Gasteiger partial charge in [-0.05, 0) is 25.9 Å². The van der Waals surface area contributed by atoms with Crippen LogP contribution in [-0.2, 0) is 17.8 Å². The number of hydrogen-bond acceptors (Lipinski definition) is 5. The Hall–Kier alpha value is -0.490. The minimum atomic E-state index is 0.763. The van der Waals surface area contributed by atoms with E-state index in [9.17, 15) is 0 Å². The molecule has 4 nitrogen and oxygen atoms in total. The predicted molar refractivity (Wildman–Crippen MR) is 79.4 cm³/mol. The Balaban J connectivity index is 1.73. The third kappa shape index (κ3) is 5.57. The van der Waals surface area contributed by atoms with Crippen molar-refractivity contribution in [3.05, 3.63) is 16.1 Å². The minimum absolute atomic E-state index is 0.763. The summed E-state index contributed by atoms with van der Waals surface area (Å²) in [5, 5.41) is 4.62. The van der Waals surface area contributed by atoms with Crippen molar-refractivity contribution in [1.29, 1.82) is 0 Å². The summed E-state index contributed by atoms with van der Waals surface area (Å²) in [6.45, 7) is 6.07. The normalized spacial score (nSPS) is 17.5. The van der Waals surface area contributed by atoms with Crippen molar-refractivity contribution in [3.8, 4) is 0 Å². The topological polar surface area (TPSA) is 37.4 Å². The van der Waals surface area contributed by atoms with Crippen molar-refractivity contribution < 1.29 is 4.74 Å². The van der Waals surface area contributed by atoms with Gasteiger partial charge in [0.15, 0.2) is 0 Å². The van der Waals surface area contributed by atoms with E-state index in [-0.39, 0.29) is 0 Å². The molecular weight excluding hydrogens is 258 g/mol. The van der Waals surface area contributed by atoms with E-state index in [4.69, 9.17) is 4.74 Å². The first-order chi connectivity index (χ1) is 9.38. The average molecular weight is 283 g/mol. The number of rotatable bonds is 7. The molecule has 0 unspecified atom stereocenters. The number of aromatic nitrogens is 1. The first kappa shape index (κ1) is 14.9. The summed E-state index contributed by atoms with van der Waals surface area (Å²) in [5.74, 6) is 0. The van der Waals surface area contributed by atoms with Crippen LogP contribution in [0.15, 0.2) is 6.20 Å². The molecule has 0 radical (unpaired) electrons. The quantitative estimate of drug-likeness (QED) is 0.779. The third-order valence-electron chi connectivity index (χ3n) is 3.44. The van der Waals surface area contributed by atoms with E-state index in [1.165, 1.54) is 48.7 Å². The largest absolute Gasteiger partial charge is 0.383 e. The van der Waals surface area contributed by atoms with Crippen LogP contribution in [0.2, 0.25) is 0 Å². The highest BCUT2D eigenvalue weighted by Crippen LogP contribution is 2.17. The maximum atomic E-state index is 5.02. The summed E-state index contributed by atoms with van der Waals surface area (Å²) in [4.78, 5) is 8.42. The molecule has 0 bridgehead atoms. The first-order valence-electron chi connectivity index (χ1n) is 7.24. The van der Waals surface area contributed by atoms with Crippen LogP contribution in [0.4, 0.5) is 0 Å². The zero-order chi connectivity index (χ0) is 13.3. The van der Waals surface area contributed by atoms with Gasteiger partial charge in [0.25, 0.3) is 0 Å². The number of nitrogens with zero attached hydrogens (tertiary/aromatic N) is 2. The summed E-state index contributed by atoms with van der Waals surface area (Å²) in [7, 11) is 1.73. The van der Waals surface area contributed by atoms with Crippen LogP contribution >= 0.6 is 11.3 Å². The van der Waals surface area contributed by atoms with Gasteiger partial charge in [-0.15, -0.1) is 11.3 Å². The first-order valence-corrected chi connectivity index (χ1v) is 8.06. The molecule has 2 rings (SSSR count). The third-order valence-corrected chi connectivity index (χ3v) is 4.42. The van der Waals surface area contributed by atoms with Gasteiger partial charge in [0.2, 0.25) is 0 Å². The molecule has 0 amide bonds. The van der Waals surface area contributed by atoms with E-state index >= 15 is 0 Å². The van der Waals surface area contributed by atoms with E-state index in [0.717, 1.165) is 26.2 Å². The van der Waals surface area contributed by atoms with Gasteiger partial charge in [0, 0.05) is 31.3 Å². The smallest absolute Gasteiger partial charge is 0.107 e. The Morgan fingerprint density at radius 1 is 1.32 bits per heavy atom. The van der Waals surface area contributed by atoms with E-state index in [2.05, 4.69) is 15.2 Å². The molecular formula is C14H25N3OS. The molecule has 1 aromatic rings. The zero-order valence-electron chi connectivity index (χ0n) is 11.9. The SMILES string of the molecule is COCCNCc1cnc(CN2CCCCCC2)s1. The summed E-state index contributed by atoms with van der Waals surface area (Å²) in [5.41, 5.74) is 0. The number of thiazole rings is 1. The van der Waals surface area contributed by atoms with Crippen molar-refractivity contribution in [3.63, 3.8) is 0 Å². The Kier molecular flexibility index (Phi) is 6.78. The van der Waals surface area contributed by atoms with Crippen LogP contribution in [0.25, 0.3) is 0 Å². The second-order valence-corrected chi connectivity index (χ2v) is 6.28. The molecule has 1 aromatic heterocycles. The fourth-order valence-corrected chi connectivity index (χ4v) is 3.31. The number of methoxy groups -OCH3 is 1. The van der Waals surface area contributed by atoms with Gasteiger partial charge in [0.1, 0.15) is 5.01 Å². The van der Waals surface area contributed by atoms with Gasteiger partial charge < -0.3 is 10.1 Å². The molecule has 5 heteroatoms. The molecule has 19 heavy (non-hydrogen) atoms. The highest BCUT2D eigenvalue weighted by molar-refractivity contribution is 7.11. The van der Waals surface area contributed by atoms with Crippen molar-refractivity contribution >= 4 is 11.3 Å². The van der Waals surface area contributed by atoms with Crippen LogP contribution < -0.4 is 5.32 Å². The second kappa shape index (κ2) is 8.64. The van der Waals surface area contributed by atoms with E-state index in [1.54, 1.807) is 7.11 Å². The van der Waals surface area contributed by atoms with Gasteiger partial charge in [-0.3, -0.25) is 4.90 Å². The molecule has 1 aliphatic rings. The van der Waals surface area contributed by atoms with Gasteiger partial charge in [-0.25, -0.2) is 4.98 Å². The molecule has 1 N–H and O–H groups in total. The lowest BCUT2D eigenvalue weighted by Crippen LogP contribution is -2.23. The van der Waals surface area contributed by atoms with E-state index < -0.39 is 0 Å². The summed E-state index contributed by atoms with van der Waals surface area (Å²) >= 11 is 1.84. The van der Waals surface area contributed by atoms with Crippen molar-refractivity contribution in [2.75, 3.05) is 33.4 Å². The van der Waals surface area contributed by atoms with Gasteiger partial charge in [-0.2, -0.15) is 0 Å². The maximum Gasteiger partial charge on any atom is 0.107 e. The van der Waals surface area contributed by atoms with Gasteiger partial charge in [0.05, 0.1) is 13.2 Å². The Bertz CT molecular complexity index is 348. The standard InChI is InChI=1S/C14H25N3OS/c1-18-9-6-15-10-13-11-16-14(19-13)12-17-7-4-2-3-5-8-17/h11,15H,2-10,12H2,1H3. The van der Waals surface area contributed by atoms with Crippen LogP contribution in [0, 0.1) is 0 Å². The molecule has 0 spiro atoms. The summed E-state index contributed by atoms with van der Waals surface area (Å²) in [6.07, 6.45) is 7.48. The van der Waals surface area contributed by atoms with Crippen molar-refractivity contribution in [2.45, 2.75) is 38.8 Å². The number of likely N-dealkylation sites (tertiary alicyclic amines) is 1. The highest BCUT2D eigenvalue weighted by atomic mass is 32.1. The zero-order valence-corrected chi connectivity index (χ0v) is 12.7. The molecule has 0 atom stereocenters. The van der Waals surface area contributed by atoms with Crippen LogP contribution in [0.5, 0.6) is 0 Å². The van der Waals surface area contributed by atoms with Gasteiger partial charge >= 0.3 is 0 Å².